The summed E-state index contributed by atoms with van der Waals surface area (Å²) in [6.07, 6.45) is 2.07. The smallest absolute Gasteiger partial charge is 0.309 e. The summed E-state index contributed by atoms with van der Waals surface area (Å²) >= 11 is 0. The number of sulfonamides is 1. The monoisotopic (exact) mass is 425 g/mol. The summed E-state index contributed by atoms with van der Waals surface area (Å²) < 4.78 is 50.9. The van der Waals surface area contributed by atoms with Gasteiger partial charge < -0.3 is 9.05 Å². The van der Waals surface area contributed by atoms with Crippen LogP contribution < -0.4 is 4.72 Å². The first-order valence-electron chi connectivity index (χ1n) is 9.40. The number of anilines is 1. The van der Waals surface area contributed by atoms with E-state index in [1.165, 1.54) is 0 Å². The summed E-state index contributed by atoms with van der Waals surface area (Å²) in [6, 6.07) is 13.6. The van der Waals surface area contributed by atoms with Crippen LogP contribution in [0.4, 0.5) is 5.69 Å². The third kappa shape index (κ3) is 6.45. The zero-order valence-corrected chi connectivity index (χ0v) is 18.3. The van der Waals surface area contributed by atoms with Gasteiger partial charge in [-0.25, -0.2) is 8.42 Å². The van der Waals surface area contributed by atoms with Crippen molar-refractivity contribution in [3.63, 3.8) is 0 Å². The van der Waals surface area contributed by atoms with E-state index in [4.69, 9.17) is 9.05 Å². The van der Waals surface area contributed by atoms with Crippen molar-refractivity contribution in [3.05, 3.63) is 59.7 Å². The maximum atomic E-state index is 12.6. The van der Waals surface area contributed by atoms with Crippen molar-refractivity contribution in [1.29, 1.82) is 0 Å². The first-order chi connectivity index (χ1) is 13.3. The van der Waals surface area contributed by atoms with E-state index in [1.54, 1.807) is 50.2 Å². The van der Waals surface area contributed by atoms with E-state index in [1.807, 2.05) is 12.1 Å². The number of hydrogen-bond acceptors (Lipinski definition) is 5. The lowest BCUT2D eigenvalue weighted by Gasteiger charge is -2.17. The molecule has 154 valence electrons. The molecule has 0 aliphatic heterocycles. The minimum absolute atomic E-state index is 0.139. The molecule has 6 nitrogen and oxygen atoms in total. The van der Waals surface area contributed by atoms with Gasteiger partial charge in [-0.05, 0) is 55.7 Å². The molecule has 8 heteroatoms. The van der Waals surface area contributed by atoms with Crippen molar-refractivity contribution in [1.82, 2.24) is 0 Å². The highest BCUT2D eigenvalue weighted by atomic mass is 32.2. The van der Waals surface area contributed by atoms with Gasteiger partial charge in [-0.15, -0.1) is 0 Å². The first-order valence-corrected chi connectivity index (χ1v) is 12.6. The van der Waals surface area contributed by atoms with Crippen LogP contribution in [0.5, 0.6) is 0 Å². The van der Waals surface area contributed by atoms with Gasteiger partial charge in [0.15, 0.2) is 0 Å². The molecule has 2 aromatic rings. The van der Waals surface area contributed by atoms with Crippen molar-refractivity contribution < 1.29 is 22.0 Å². The van der Waals surface area contributed by atoms with Crippen LogP contribution in [0.1, 0.15) is 38.3 Å². The van der Waals surface area contributed by atoms with Gasteiger partial charge in [0.25, 0.3) is 10.0 Å². The van der Waals surface area contributed by atoms with Gasteiger partial charge in [-0.1, -0.05) is 37.6 Å². The minimum Gasteiger partial charge on any atom is -0.309 e. The molecule has 0 aliphatic rings. The lowest BCUT2D eigenvalue weighted by atomic mass is 10.1. The molecule has 0 amide bonds. The molecule has 0 unspecified atom stereocenters. The van der Waals surface area contributed by atoms with Crippen LogP contribution in [-0.4, -0.2) is 21.6 Å². The molecule has 2 rings (SSSR count). The predicted molar refractivity (Wildman–Crippen MR) is 112 cm³/mol. The van der Waals surface area contributed by atoms with Crippen molar-refractivity contribution in [3.8, 4) is 0 Å². The van der Waals surface area contributed by atoms with Crippen LogP contribution in [-0.2, 0) is 36.2 Å². The van der Waals surface area contributed by atoms with Gasteiger partial charge in [0, 0.05) is 5.69 Å². The quantitative estimate of drug-likeness (QED) is 0.500. The van der Waals surface area contributed by atoms with E-state index in [9.17, 15) is 13.0 Å². The van der Waals surface area contributed by atoms with Gasteiger partial charge in [0.2, 0.25) is 0 Å². The Bertz CT molecular complexity index is 885. The van der Waals surface area contributed by atoms with E-state index >= 15 is 0 Å². The summed E-state index contributed by atoms with van der Waals surface area (Å²) in [7, 11) is -6.86. The Hall–Kier alpha value is -1.66. The van der Waals surface area contributed by atoms with Crippen LogP contribution in [0.25, 0.3) is 0 Å². The zero-order chi connectivity index (χ0) is 20.6. The molecule has 0 heterocycles. The molecule has 0 spiro atoms. The fourth-order valence-electron chi connectivity index (χ4n) is 2.76. The molecule has 0 saturated heterocycles. The Morgan fingerprint density at radius 3 is 1.89 bits per heavy atom. The number of nitrogens with one attached hydrogen (secondary N) is 1. The second-order valence-corrected chi connectivity index (χ2v) is 10.0. The lowest BCUT2D eigenvalue weighted by molar-refractivity contribution is 0.219. The van der Waals surface area contributed by atoms with Crippen LogP contribution in [0.2, 0.25) is 0 Å². The molecule has 1 N–H and O–H groups in total. The van der Waals surface area contributed by atoms with Gasteiger partial charge >= 0.3 is 7.60 Å². The van der Waals surface area contributed by atoms with Crippen LogP contribution >= 0.6 is 7.60 Å². The lowest BCUT2D eigenvalue weighted by Crippen LogP contribution is -2.13. The van der Waals surface area contributed by atoms with E-state index < -0.39 is 17.6 Å². The Morgan fingerprint density at radius 1 is 0.857 bits per heavy atom. The summed E-state index contributed by atoms with van der Waals surface area (Å²) in [6.45, 7) is 6.20. The first kappa shape index (κ1) is 22.6. The second-order valence-electron chi connectivity index (χ2n) is 6.30. The third-order valence-corrected chi connectivity index (χ3v) is 7.46. The van der Waals surface area contributed by atoms with Crippen molar-refractivity contribution in [2.24, 2.45) is 0 Å². The van der Waals surface area contributed by atoms with Crippen LogP contribution in [0.3, 0.4) is 0 Å². The Labute approximate surface area is 167 Å². The standard InChI is InChI=1S/C20H28NO5PS/c1-4-7-17-10-14-20(15-11-17)28(23,24)21-19-12-8-18(9-13-19)16-27(22,25-5-2)26-6-3/h8-15,21H,4-7,16H2,1-3H3. The van der Waals surface area contributed by atoms with Crippen molar-refractivity contribution >= 4 is 23.3 Å². The molecule has 0 bridgehead atoms. The van der Waals surface area contributed by atoms with E-state index in [-0.39, 0.29) is 11.1 Å². The van der Waals surface area contributed by atoms with E-state index in [2.05, 4.69) is 11.6 Å². The number of hydrogen-bond donors (Lipinski definition) is 1. The van der Waals surface area contributed by atoms with Crippen LogP contribution in [0, 0.1) is 0 Å². The molecule has 0 aliphatic carbocycles. The number of aryl methyl sites for hydroxylation is 1. The highest BCUT2D eigenvalue weighted by Gasteiger charge is 2.24. The fourth-order valence-corrected chi connectivity index (χ4v) is 5.52. The van der Waals surface area contributed by atoms with Crippen molar-refractivity contribution in [2.75, 3.05) is 17.9 Å². The van der Waals surface area contributed by atoms with Gasteiger partial charge in [0.05, 0.1) is 24.3 Å². The fraction of sp³-hybridized carbons (Fsp3) is 0.400. The summed E-state index contributed by atoms with van der Waals surface area (Å²) in [5.41, 5.74) is 2.29. The van der Waals surface area contributed by atoms with E-state index in [0.29, 0.717) is 18.9 Å². The topological polar surface area (TPSA) is 81.7 Å². The second kappa shape index (κ2) is 10.2. The Morgan fingerprint density at radius 2 is 1.39 bits per heavy atom. The molecule has 2 aromatic carbocycles. The molecule has 28 heavy (non-hydrogen) atoms. The molecule has 0 fully saturated rings. The average molecular weight is 425 g/mol. The molecular weight excluding hydrogens is 397 g/mol. The van der Waals surface area contributed by atoms with Crippen molar-refractivity contribution in [2.45, 2.75) is 44.7 Å². The van der Waals surface area contributed by atoms with Crippen LogP contribution in [0.15, 0.2) is 53.4 Å². The Balaban J connectivity index is 2.09. The highest BCUT2D eigenvalue weighted by Crippen LogP contribution is 2.51. The zero-order valence-electron chi connectivity index (χ0n) is 16.6. The summed E-state index contributed by atoms with van der Waals surface area (Å²) in [5.74, 6) is 0. The van der Waals surface area contributed by atoms with Gasteiger partial charge in [-0.2, -0.15) is 0 Å². The molecule has 0 saturated carbocycles. The maximum Gasteiger partial charge on any atom is 0.335 e. The molecule has 0 aromatic heterocycles. The maximum absolute atomic E-state index is 12.6. The minimum atomic E-state index is -3.66. The summed E-state index contributed by atoms with van der Waals surface area (Å²) in [4.78, 5) is 0.216. The highest BCUT2D eigenvalue weighted by molar-refractivity contribution is 7.92. The number of rotatable bonds is 11. The van der Waals surface area contributed by atoms with Gasteiger partial charge in [0.1, 0.15) is 0 Å². The molecule has 0 atom stereocenters. The largest absolute Gasteiger partial charge is 0.335 e. The normalized spacial score (nSPS) is 12.1. The van der Waals surface area contributed by atoms with Gasteiger partial charge in [-0.3, -0.25) is 9.29 Å². The SMILES string of the molecule is CCCc1ccc(S(=O)(=O)Nc2ccc(CP(=O)(OCC)OCC)cc2)cc1. The summed E-state index contributed by atoms with van der Waals surface area (Å²) in [5, 5.41) is 0. The predicted octanol–water partition coefficient (Wildman–Crippen LogP) is 5.21. The third-order valence-electron chi connectivity index (χ3n) is 4.01. The molecular formula is C20H28NO5PS. The molecule has 0 radical (unpaired) electrons. The number of benzene rings is 2. The van der Waals surface area contributed by atoms with E-state index in [0.717, 1.165) is 24.0 Å². The average Bonchev–Trinajstić information content (AvgIpc) is 2.64. The Kier molecular flexibility index (Phi) is 8.25.